The van der Waals surface area contributed by atoms with Crippen LogP contribution in [0.4, 0.5) is 5.69 Å². The highest BCUT2D eigenvalue weighted by atomic mass is 16.1. The molecule has 0 fully saturated rings. The van der Waals surface area contributed by atoms with Crippen LogP contribution < -0.4 is 11.1 Å². The molecule has 0 unspecified atom stereocenters. The molecule has 0 bridgehead atoms. The van der Waals surface area contributed by atoms with Gasteiger partial charge in [-0.2, -0.15) is 0 Å². The van der Waals surface area contributed by atoms with Gasteiger partial charge in [0.2, 0.25) is 0 Å². The summed E-state index contributed by atoms with van der Waals surface area (Å²) in [6.45, 7) is 2.70. The van der Waals surface area contributed by atoms with E-state index in [9.17, 15) is 4.79 Å². The smallest absolute Gasteiger partial charge is 0.267 e. The third kappa shape index (κ3) is 2.53. The number of hydrogen-bond donors (Lipinski definition) is 3. The number of H-pyrrole nitrogens is 1. The summed E-state index contributed by atoms with van der Waals surface area (Å²) in [7, 11) is 0. The molecule has 2 aromatic rings. The largest absolute Gasteiger partial charge is 0.398 e. The summed E-state index contributed by atoms with van der Waals surface area (Å²) in [6, 6.07) is 11.2. The van der Waals surface area contributed by atoms with Crippen LogP contribution in [0.1, 0.15) is 23.8 Å². The highest BCUT2D eigenvalue weighted by molar-refractivity contribution is 5.93. The lowest BCUT2D eigenvalue weighted by atomic mass is 10.1. The molecule has 0 saturated carbocycles. The Balaban J connectivity index is 2.21. The zero-order valence-corrected chi connectivity index (χ0v) is 10.4. The molecule has 0 aliphatic rings. The Labute approximate surface area is 106 Å². The lowest BCUT2D eigenvalue weighted by molar-refractivity contribution is 0.0949. The number of rotatable bonds is 4. The molecule has 1 aromatic heterocycles. The second-order valence-corrected chi connectivity index (χ2v) is 4.13. The van der Waals surface area contributed by atoms with Gasteiger partial charge in [0.25, 0.3) is 5.91 Å². The molecule has 4 nitrogen and oxygen atoms in total. The van der Waals surface area contributed by atoms with E-state index in [-0.39, 0.29) is 5.91 Å². The molecule has 0 saturated heterocycles. The van der Waals surface area contributed by atoms with Gasteiger partial charge in [0.15, 0.2) is 0 Å². The van der Waals surface area contributed by atoms with E-state index in [1.165, 1.54) is 0 Å². The molecule has 2 rings (SSSR count). The second-order valence-electron chi connectivity index (χ2n) is 4.13. The van der Waals surface area contributed by atoms with Crippen LogP contribution in [0.5, 0.6) is 0 Å². The fraction of sp³-hybridized carbons (Fsp3) is 0.214. The molecule has 4 heteroatoms. The summed E-state index contributed by atoms with van der Waals surface area (Å²) in [6.07, 6.45) is 0.922. The number of para-hydroxylation sites is 1. The molecule has 0 radical (unpaired) electrons. The normalized spacial score (nSPS) is 10.3. The number of aromatic amines is 1. The van der Waals surface area contributed by atoms with Gasteiger partial charge < -0.3 is 16.0 Å². The molecule has 0 aliphatic carbocycles. The molecule has 94 valence electrons. The fourth-order valence-electron chi connectivity index (χ4n) is 1.76. The van der Waals surface area contributed by atoms with Crippen molar-refractivity contribution in [3.05, 3.63) is 42.1 Å². The Bertz CT molecular complexity index is 545. The van der Waals surface area contributed by atoms with E-state index >= 15 is 0 Å². The van der Waals surface area contributed by atoms with Crippen molar-refractivity contribution in [2.45, 2.75) is 13.3 Å². The van der Waals surface area contributed by atoms with Crippen molar-refractivity contribution < 1.29 is 4.79 Å². The Morgan fingerprint density at radius 2 is 2.06 bits per heavy atom. The first kappa shape index (κ1) is 12.2. The molecule has 0 spiro atoms. The number of carbonyl (C=O) groups is 1. The van der Waals surface area contributed by atoms with E-state index in [1.54, 1.807) is 6.07 Å². The molecular weight excluding hydrogens is 226 g/mol. The minimum atomic E-state index is -0.0856. The predicted molar refractivity (Wildman–Crippen MR) is 73.3 cm³/mol. The topological polar surface area (TPSA) is 70.9 Å². The Kier molecular flexibility index (Phi) is 3.67. The second kappa shape index (κ2) is 5.40. The van der Waals surface area contributed by atoms with Crippen molar-refractivity contribution in [3.63, 3.8) is 0 Å². The summed E-state index contributed by atoms with van der Waals surface area (Å²) in [5.41, 5.74) is 8.91. The van der Waals surface area contributed by atoms with Gasteiger partial charge in [-0.05, 0) is 24.6 Å². The lowest BCUT2D eigenvalue weighted by Crippen LogP contribution is -2.24. The van der Waals surface area contributed by atoms with Crippen LogP contribution in [-0.2, 0) is 0 Å². The van der Waals surface area contributed by atoms with E-state index < -0.39 is 0 Å². The fourth-order valence-corrected chi connectivity index (χ4v) is 1.76. The van der Waals surface area contributed by atoms with Crippen molar-refractivity contribution in [2.75, 3.05) is 12.3 Å². The van der Waals surface area contributed by atoms with Crippen molar-refractivity contribution in [1.29, 1.82) is 0 Å². The number of benzene rings is 1. The Hall–Kier alpha value is -2.23. The number of carbonyl (C=O) groups excluding carboxylic acids is 1. The summed E-state index contributed by atoms with van der Waals surface area (Å²) in [4.78, 5) is 14.8. The summed E-state index contributed by atoms with van der Waals surface area (Å²) < 4.78 is 0. The molecule has 0 atom stereocenters. The first-order valence-corrected chi connectivity index (χ1v) is 6.04. The summed E-state index contributed by atoms with van der Waals surface area (Å²) in [5, 5.41) is 2.83. The summed E-state index contributed by atoms with van der Waals surface area (Å²) >= 11 is 0. The van der Waals surface area contributed by atoms with Gasteiger partial charge in [0.1, 0.15) is 5.69 Å². The average molecular weight is 243 g/mol. The van der Waals surface area contributed by atoms with Crippen LogP contribution in [0.15, 0.2) is 36.4 Å². The van der Waals surface area contributed by atoms with Gasteiger partial charge in [-0.3, -0.25) is 4.79 Å². The van der Waals surface area contributed by atoms with Crippen LogP contribution in [0.25, 0.3) is 11.3 Å². The van der Waals surface area contributed by atoms with Crippen molar-refractivity contribution in [3.8, 4) is 11.3 Å². The van der Waals surface area contributed by atoms with E-state index in [0.717, 1.165) is 17.7 Å². The van der Waals surface area contributed by atoms with Crippen LogP contribution in [0.2, 0.25) is 0 Å². The van der Waals surface area contributed by atoms with Gasteiger partial charge in [-0.1, -0.05) is 25.1 Å². The monoisotopic (exact) mass is 243 g/mol. The highest BCUT2D eigenvalue weighted by Gasteiger charge is 2.09. The van der Waals surface area contributed by atoms with E-state index in [4.69, 9.17) is 5.73 Å². The average Bonchev–Trinajstić information content (AvgIpc) is 2.86. The predicted octanol–water partition coefficient (Wildman–Crippen LogP) is 2.40. The van der Waals surface area contributed by atoms with Gasteiger partial charge in [-0.15, -0.1) is 0 Å². The number of nitrogen functional groups attached to an aromatic ring is 1. The SMILES string of the molecule is CCCNC(=O)c1ccc(-c2ccccc2N)[nH]1. The molecule has 1 aromatic carbocycles. The number of amides is 1. The van der Waals surface area contributed by atoms with Gasteiger partial charge in [-0.25, -0.2) is 0 Å². The number of hydrogen-bond acceptors (Lipinski definition) is 2. The Morgan fingerprint density at radius 1 is 1.28 bits per heavy atom. The number of aromatic nitrogens is 1. The molecule has 18 heavy (non-hydrogen) atoms. The molecular formula is C14H17N3O. The van der Waals surface area contributed by atoms with Gasteiger partial charge >= 0.3 is 0 Å². The van der Waals surface area contributed by atoms with E-state index in [1.807, 2.05) is 37.3 Å². The minimum Gasteiger partial charge on any atom is -0.398 e. The number of nitrogens with two attached hydrogens (primary N) is 1. The number of anilines is 1. The first-order valence-electron chi connectivity index (χ1n) is 6.04. The van der Waals surface area contributed by atoms with Crippen LogP contribution >= 0.6 is 0 Å². The zero-order valence-electron chi connectivity index (χ0n) is 10.4. The zero-order chi connectivity index (χ0) is 13.0. The minimum absolute atomic E-state index is 0.0856. The quantitative estimate of drug-likeness (QED) is 0.721. The maximum atomic E-state index is 11.8. The Morgan fingerprint density at radius 3 is 2.78 bits per heavy atom. The van der Waals surface area contributed by atoms with Gasteiger partial charge in [0, 0.05) is 23.5 Å². The maximum absolute atomic E-state index is 11.8. The molecule has 4 N–H and O–H groups in total. The third-order valence-corrected chi connectivity index (χ3v) is 2.72. The van der Waals surface area contributed by atoms with Gasteiger partial charge in [0.05, 0.1) is 0 Å². The van der Waals surface area contributed by atoms with Crippen molar-refractivity contribution in [1.82, 2.24) is 10.3 Å². The molecule has 1 amide bonds. The third-order valence-electron chi connectivity index (χ3n) is 2.72. The van der Waals surface area contributed by atoms with Crippen LogP contribution in [0.3, 0.4) is 0 Å². The summed E-state index contributed by atoms with van der Waals surface area (Å²) in [5.74, 6) is -0.0856. The standard InChI is InChI=1S/C14H17N3O/c1-2-9-16-14(18)13-8-7-12(17-13)10-5-3-4-6-11(10)15/h3-8,17H,2,9,15H2,1H3,(H,16,18). The first-order chi connectivity index (χ1) is 8.72. The van der Waals surface area contributed by atoms with E-state index in [0.29, 0.717) is 17.9 Å². The number of nitrogens with one attached hydrogen (secondary N) is 2. The van der Waals surface area contributed by atoms with Crippen molar-refractivity contribution in [2.24, 2.45) is 0 Å². The maximum Gasteiger partial charge on any atom is 0.267 e. The van der Waals surface area contributed by atoms with E-state index in [2.05, 4.69) is 10.3 Å². The highest BCUT2D eigenvalue weighted by Crippen LogP contribution is 2.24. The van der Waals surface area contributed by atoms with Crippen molar-refractivity contribution >= 4 is 11.6 Å². The molecule has 1 heterocycles. The lowest BCUT2D eigenvalue weighted by Gasteiger charge is -2.03. The molecule has 0 aliphatic heterocycles. The van der Waals surface area contributed by atoms with Crippen LogP contribution in [-0.4, -0.2) is 17.4 Å². The van der Waals surface area contributed by atoms with Crippen LogP contribution in [0, 0.1) is 0 Å².